The van der Waals surface area contributed by atoms with Gasteiger partial charge in [-0.3, -0.25) is 0 Å². The van der Waals surface area contributed by atoms with E-state index in [0.717, 1.165) is 5.56 Å². The Morgan fingerprint density at radius 3 is 2.92 bits per heavy atom. The molecule has 1 aliphatic heterocycles. The van der Waals surface area contributed by atoms with Crippen molar-refractivity contribution in [3.8, 4) is 11.5 Å². The molecule has 4 nitrogen and oxygen atoms in total. The van der Waals surface area contributed by atoms with Gasteiger partial charge in [0.05, 0.1) is 12.7 Å². The summed E-state index contributed by atoms with van der Waals surface area (Å²) < 4.78 is 5.31. The summed E-state index contributed by atoms with van der Waals surface area (Å²) in [6.07, 6.45) is -0.151. The second kappa shape index (κ2) is 2.90. The van der Waals surface area contributed by atoms with E-state index < -0.39 is 0 Å². The second-order valence-corrected chi connectivity index (χ2v) is 3.04. The number of rotatable bonds is 1. The van der Waals surface area contributed by atoms with Gasteiger partial charge in [0.2, 0.25) is 0 Å². The first-order valence-electron chi connectivity index (χ1n) is 4.09. The topological polar surface area (TPSA) is 75.7 Å². The maximum Gasteiger partial charge on any atom is 0.163 e. The Labute approximate surface area is 75.6 Å². The monoisotopic (exact) mass is 181 g/mol. The van der Waals surface area contributed by atoms with Gasteiger partial charge in [-0.25, -0.2) is 0 Å². The van der Waals surface area contributed by atoms with Crippen molar-refractivity contribution in [1.82, 2.24) is 0 Å². The van der Waals surface area contributed by atoms with Crippen LogP contribution in [0.2, 0.25) is 0 Å². The molecule has 0 saturated carbocycles. The molecule has 0 saturated heterocycles. The van der Waals surface area contributed by atoms with Gasteiger partial charge in [0, 0.05) is 12.1 Å². The van der Waals surface area contributed by atoms with E-state index >= 15 is 0 Å². The number of ether oxygens (including phenoxy) is 1. The fraction of sp³-hybridized carbons (Fsp3) is 0.333. The van der Waals surface area contributed by atoms with E-state index in [9.17, 15) is 10.2 Å². The van der Waals surface area contributed by atoms with Crippen LogP contribution in [0.4, 0.5) is 0 Å². The maximum atomic E-state index is 9.46. The molecule has 0 spiro atoms. The van der Waals surface area contributed by atoms with Gasteiger partial charge in [-0.1, -0.05) is 6.07 Å². The standard InChI is InChI=1S/C9H11NO3/c10-3-8-5-1-2-7(11)9(12)6(5)4-13-8/h1-2,8,11-12H,3-4,10H2. The number of nitrogens with two attached hydrogens (primary N) is 1. The van der Waals surface area contributed by atoms with E-state index in [-0.39, 0.29) is 17.6 Å². The summed E-state index contributed by atoms with van der Waals surface area (Å²) in [6.45, 7) is 0.703. The fourth-order valence-electron chi connectivity index (χ4n) is 1.56. The third-order valence-corrected chi connectivity index (χ3v) is 2.29. The highest BCUT2D eigenvalue weighted by Crippen LogP contribution is 2.40. The van der Waals surface area contributed by atoms with Crippen molar-refractivity contribution in [1.29, 1.82) is 0 Å². The molecule has 70 valence electrons. The average molecular weight is 181 g/mol. The predicted molar refractivity (Wildman–Crippen MR) is 46.4 cm³/mol. The number of hydrogen-bond donors (Lipinski definition) is 3. The lowest BCUT2D eigenvalue weighted by molar-refractivity contribution is 0.0718. The Morgan fingerprint density at radius 2 is 2.23 bits per heavy atom. The van der Waals surface area contributed by atoms with E-state index in [1.54, 1.807) is 6.07 Å². The van der Waals surface area contributed by atoms with Crippen molar-refractivity contribution < 1.29 is 14.9 Å². The van der Waals surface area contributed by atoms with Crippen LogP contribution in [-0.2, 0) is 11.3 Å². The Kier molecular flexibility index (Phi) is 1.86. The molecule has 1 aliphatic rings. The van der Waals surface area contributed by atoms with Crippen molar-refractivity contribution in [2.24, 2.45) is 5.73 Å². The van der Waals surface area contributed by atoms with Crippen LogP contribution in [0.1, 0.15) is 17.2 Å². The smallest absolute Gasteiger partial charge is 0.163 e. The second-order valence-electron chi connectivity index (χ2n) is 3.04. The van der Waals surface area contributed by atoms with Crippen LogP contribution in [0.5, 0.6) is 11.5 Å². The van der Waals surface area contributed by atoms with Gasteiger partial charge in [0.1, 0.15) is 0 Å². The molecule has 1 heterocycles. The van der Waals surface area contributed by atoms with E-state index in [2.05, 4.69) is 0 Å². The van der Waals surface area contributed by atoms with Crippen LogP contribution >= 0.6 is 0 Å². The summed E-state index contributed by atoms with van der Waals surface area (Å²) in [6, 6.07) is 3.18. The number of fused-ring (bicyclic) bond motifs is 1. The summed E-state index contributed by atoms with van der Waals surface area (Å²) in [4.78, 5) is 0. The Hall–Kier alpha value is -1.26. The number of hydrogen-bond acceptors (Lipinski definition) is 4. The van der Waals surface area contributed by atoms with Gasteiger partial charge < -0.3 is 20.7 Å². The molecule has 4 N–H and O–H groups in total. The summed E-state index contributed by atoms with van der Waals surface area (Å²) in [5.74, 6) is -0.200. The predicted octanol–water partition coefficient (Wildman–Crippen LogP) is 0.628. The molecular weight excluding hydrogens is 170 g/mol. The van der Waals surface area contributed by atoms with Crippen LogP contribution in [0.3, 0.4) is 0 Å². The van der Waals surface area contributed by atoms with Gasteiger partial charge in [-0.15, -0.1) is 0 Å². The lowest BCUT2D eigenvalue weighted by atomic mass is 10.0. The third-order valence-electron chi connectivity index (χ3n) is 2.29. The number of aromatic hydroxyl groups is 2. The molecule has 0 radical (unpaired) electrons. The molecule has 0 aromatic heterocycles. The molecule has 0 amide bonds. The molecule has 13 heavy (non-hydrogen) atoms. The van der Waals surface area contributed by atoms with Crippen LogP contribution in [0, 0.1) is 0 Å². The Balaban J connectivity index is 2.50. The van der Waals surface area contributed by atoms with Crippen LogP contribution in [0.25, 0.3) is 0 Å². The molecule has 2 rings (SSSR count). The highest BCUT2D eigenvalue weighted by atomic mass is 16.5. The summed E-state index contributed by atoms with van der Waals surface area (Å²) in [7, 11) is 0. The fourth-order valence-corrected chi connectivity index (χ4v) is 1.56. The minimum Gasteiger partial charge on any atom is -0.504 e. The summed E-state index contributed by atoms with van der Waals surface area (Å²) in [5, 5.41) is 18.7. The van der Waals surface area contributed by atoms with E-state index in [0.29, 0.717) is 18.7 Å². The van der Waals surface area contributed by atoms with Crippen LogP contribution in [-0.4, -0.2) is 16.8 Å². The summed E-state index contributed by atoms with van der Waals surface area (Å²) >= 11 is 0. The molecule has 1 aromatic carbocycles. The van der Waals surface area contributed by atoms with E-state index in [1.165, 1.54) is 6.07 Å². The van der Waals surface area contributed by atoms with Gasteiger partial charge in [0.15, 0.2) is 11.5 Å². The minimum absolute atomic E-state index is 0.0894. The van der Waals surface area contributed by atoms with Crippen molar-refractivity contribution in [3.05, 3.63) is 23.3 Å². The first-order valence-corrected chi connectivity index (χ1v) is 4.09. The zero-order valence-corrected chi connectivity index (χ0v) is 7.03. The first kappa shape index (κ1) is 8.34. The molecule has 0 aliphatic carbocycles. The molecule has 0 fully saturated rings. The third kappa shape index (κ3) is 1.15. The number of benzene rings is 1. The molecule has 4 heteroatoms. The van der Waals surface area contributed by atoms with Gasteiger partial charge in [0.25, 0.3) is 0 Å². The largest absolute Gasteiger partial charge is 0.504 e. The average Bonchev–Trinajstić information content (AvgIpc) is 2.55. The molecule has 1 aromatic rings. The normalized spacial score (nSPS) is 20.2. The van der Waals surface area contributed by atoms with E-state index in [4.69, 9.17) is 10.5 Å². The molecular formula is C9H11NO3. The van der Waals surface area contributed by atoms with Crippen molar-refractivity contribution >= 4 is 0 Å². The van der Waals surface area contributed by atoms with E-state index in [1.807, 2.05) is 0 Å². The highest BCUT2D eigenvalue weighted by Gasteiger charge is 2.25. The molecule has 1 atom stereocenters. The molecule has 0 bridgehead atoms. The van der Waals surface area contributed by atoms with Crippen molar-refractivity contribution in [2.75, 3.05) is 6.54 Å². The maximum absolute atomic E-state index is 9.46. The minimum atomic E-state index is -0.151. The quantitative estimate of drug-likeness (QED) is 0.555. The van der Waals surface area contributed by atoms with Gasteiger partial charge >= 0.3 is 0 Å². The first-order chi connectivity index (χ1) is 6.24. The van der Waals surface area contributed by atoms with Gasteiger partial charge in [-0.2, -0.15) is 0 Å². The molecule has 1 unspecified atom stereocenters. The number of phenols is 2. The van der Waals surface area contributed by atoms with Crippen molar-refractivity contribution in [2.45, 2.75) is 12.7 Å². The lowest BCUT2D eigenvalue weighted by Gasteiger charge is -2.07. The van der Waals surface area contributed by atoms with Gasteiger partial charge in [-0.05, 0) is 11.6 Å². The Morgan fingerprint density at radius 1 is 1.46 bits per heavy atom. The highest BCUT2D eigenvalue weighted by molar-refractivity contribution is 5.50. The number of phenolic OH excluding ortho intramolecular Hbond substituents is 2. The summed E-state index contributed by atoms with van der Waals surface area (Å²) in [5.41, 5.74) is 6.99. The zero-order chi connectivity index (χ0) is 9.42. The lowest BCUT2D eigenvalue weighted by Crippen LogP contribution is -2.10. The zero-order valence-electron chi connectivity index (χ0n) is 7.03. The van der Waals surface area contributed by atoms with Crippen LogP contribution < -0.4 is 5.73 Å². The van der Waals surface area contributed by atoms with Crippen LogP contribution in [0.15, 0.2) is 12.1 Å². The van der Waals surface area contributed by atoms with Crippen molar-refractivity contribution in [3.63, 3.8) is 0 Å². The SMILES string of the molecule is NCC1OCc2c1ccc(O)c2O. The Bertz CT molecular complexity index is 338.